The maximum Gasteiger partial charge on any atom is 0.321 e. The van der Waals surface area contributed by atoms with Crippen molar-refractivity contribution < 1.29 is 9.90 Å². The summed E-state index contributed by atoms with van der Waals surface area (Å²) in [5.74, 6) is -0.0193. The van der Waals surface area contributed by atoms with E-state index in [0.29, 0.717) is 5.13 Å². The Morgan fingerprint density at radius 1 is 1.23 bits per heavy atom. The second-order valence-electron chi connectivity index (χ2n) is 5.87. The molecule has 0 fully saturated rings. The van der Waals surface area contributed by atoms with E-state index in [4.69, 9.17) is 0 Å². The Morgan fingerprint density at radius 2 is 2.04 bits per heavy atom. The summed E-state index contributed by atoms with van der Waals surface area (Å²) in [6.07, 6.45) is 3.42. The number of hydrogen-bond acceptors (Lipinski definition) is 5. The maximum absolute atomic E-state index is 12.3. The number of thiazole rings is 1. The number of nitrogens with one attached hydrogen (secondary N) is 2. The Hall–Kier alpha value is -2.77. The van der Waals surface area contributed by atoms with Crippen molar-refractivity contribution in [2.24, 2.45) is 0 Å². The average Bonchev–Trinajstić information content (AvgIpc) is 3.15. The van der Waals surface area contributed by atoms with E-state index in [-0.39, 0.29) is 18.6 Å². The molecule has 6 nitrogen and oxygen atoms in total. The maximum atomic E-state index is 12.3. The van der Waals surface area contributed by atoms with Crippen molar-refractivity contribution in [3.63, 3.8) is 0 Å². The summed E-state index contributed by atoms with van der Waals surface area (Å²) >= 11 is 1.34. The molecule has 0 saturated heterocycles. The molecule has 2 aromatic heterocycles. The molecule has 3 aromatic rings. The molecule has 26 heavy (non-hydrogen) atoms. The Bertz CT molecular complexity index is 839. The Labute approximate surface area is 156 Å². The molecule has 2 heterocycles. The normalized spacial score (nSPS) is 13.0. The highest BCUT2D eigenvalue weighted by atomic mass is 32.1. The summed E-state index contributed by atoms with van der Waals surface area (Å²) in [7, 11) is 0. The second kappa shape index (κ2) is 8.55. The molecule has 0 bridgehead atoms. The van der Waals surface area contributed by atoms with Gasteiger partial charge in [-0.05, 0) is 17.7 Å². The van der Waals surface area contributed by atoms with Gasteiger partial charge in [0.25, 0.3) is 0 Å². The fourth-order valence-electron chi connectivity index (χ4n) is 2.60. The minimum atomic E-state index is -0.393. The van der Waals surface area contributed by atoms with Gasteiger partial charge in [-0.2, -0.15) is 0 Å². The molecular weight excluding hydrogens is 348 g/mol. The molecule has 7 heteroatoms. The van der Waals surface area contributed by atoms with E-state index < -0.39 is 6.04 Å². The van der Waals surface area contributed by atoms with Crippen LogP contribution < -0.4 is 10.6 Å². The molecule has 2 amide bonds. The van der Waals surface area contributed by atoms with Gasteiger partial charge < -0.3 is 10.4 Å². The van der Waals surface area contributed by atoms with Gasteiger partial charge in [-0.25, -0.2) is 9.78 Å². The minimum absolute atomic E-state index is 0.0193. The number of aliphatic hydroxyl groups excluding tert-OH is 1. The topological polar surface area (TPSA) is 87.1 Å². The van der Waals surface area contributed by atoms with Crippen LogP contribution in [0, 0.1) is 0 Å². The number of aromatic nitrogens is 2. The van der Waals surface area contributed by atoms with Gasteiger partial charge >= 0.3 is 6.03 Å². The fourth-order valence-corrected chi connectivity index (χ4v) is 3.31. The zero-order valence-electron chi connectivity index (χ0n) is 14.3. The van der Waals surface area contributed by atoms with E-state index in [1.54, 1.807) is 12.4 Å². The zero-order valence-corrected chi connectivity index (χ0v) is 15.1. The number of carbonyl (C=O) groups is 1. The molecule has 0 radical (unpaired) electrons. The molecule has 0 aliphatic heterocycles. The van der Waals surface area contributed by atoms with E-state index in [0.717, 1.165) is 16.8 Å². The molecule has 0 aliphatic rings. The molecule has 2 atom stereocenters. The number of hydrogen-bond donors (Lipinski definition) is 3. The van der Waals surface area contributed by atoms with Crippen molar-refractivity contribution >= 4 is 22.5 Å². The standard InChI is InChI=1S/C19H20N4O2S/c1-13(14-6-3-2-4-7-14)16(11-24)21-18(25)23-19-22-17(12-26-19)15-8-5-9-20-10-15/h2-10,12-13,16,24H,11H2,1H3,(H2,21,22,23,25). The van der Waals surface area contributed by atoms with Gasteiger partial charge in [0, 0.05) is 29.3 Å². The van der Waals surface area contributed by atoms with Crippen LogP contribution in [0.4, 0.5) is 9.93 Å². The van der Waals surface area contributed by atoms with Gasteiger partial charge in [0.15, 0.2) is 5.13 Å². The lowest BCUT2D eigenvalue weighted by atomic mass is 9.94. The lowest BCUT2D eigenvalue weighted by molar-refractivity contribution is 0.215. The van der Waals surface area contributed by atoms with Crippen LogP contribution in [0.25, 0.3) is 11.3 Å². The van der Waals surface area contributed by atoms with E-state index in [9.17, 15) is 9.90 Å². The summed E-state index contributed by atoms with van der Waals surface area (Å²) in [5, 5.41) is 17.6. The van der Waals surface area contributed by atoms with Crippen LogP contribution in [0.15, 0.2) is 60.2 Å². The highest BCUT2D eigenvalue weighted by Crippen LogP contribution is 2.24. The number of carbonyl (C=O) groups excluding carboxylic acids is 1. The van der Waals surface area contributed by atoms with Gasteiger partial charge in [-0.15, -0.1) is 11.3 Å². The predicted octanol–water partition coefficient (Wildman–Crippen LogP) is 3.49. The number of anilines is 1. The van der Waals surface area contributed by atoms with Gasteiger partial charge in [0.05, 0.1) is 18.3 Å². The molecule has 134 valence electrons. The van der Waals surface area contributed by atoms with E-state index >= 15 is 0 Å². The van der Waals surface area contributed by atoms with Gasteiger partial charge in [0.2, 0.25) is 0 Å². The Morgan fingerprint density at radius 3 is 2.73 bits per heavy atom. The largest absolute Gasteiger partial charge is 0.394 e. The van der Waals surface area contributed by atoms with Crippen LogP contribution >= 0.6 is 11.3 Å². The van der Waals surface area contributed by atoms with Crippen molar-refractivity contribution in [2.45, 2.75) is 18.9 Å². The molecule has 0 saturated carbocycles. The summed E-state index contributed by atoms with van der Waals surface area (Å²) in [6.45, 7) is 1.82. The number of nitrogens with zero attached hydrogens (tertiary/aromatic N) is 2. The van der Waals surface area contributed by atoms with Crippen LogP contribution in [0.1, 0.15) is 18.4 Å². The van der Waals surface area contributed by atoms with Crippen molar-refractivity contribution in [3.8, 4) is 11.3 Å². The lowest BCUT2D eigenvalue weighted by Gasteiger charge is -2.23. The quantitative estimate of drug-likeness (QED) is 0.621. The number of amides is 2. The summed E-state index contributed by atoms with van der Waals surface area (Å²) in [6, 6.07) is 12.7. The van der Waals surface area contributed by atoms with Crippen LogP contribution in [-0.4, -0.2) is 33.8 Å². The third-order valence-corrected chi connectivity index (χ3v) is 4.88. The number of aliphatic hydroxyl groups is 1. The first-order chi connectivity index (χ1) is 12.7. The summed E-state index contributed by atoms with van der Waals surface area (Å²) in [5.41, 5.74) is 2.71. The first-order valence-corrected chi connectivity index (χ1v) is 9.14. The molecule has 3 rings (SSSR count). The number of urea groups is 1. The summed E-state index contributed by atoms with van der Waals surface area (Å²) in [4.78, 5) is 20.8. The van der Waals surface area contributed by atoms with E-state index in [2.05, 4.69) is 20.6 Å². The first-order valence-electron chi connectivity index (χ1n) is 8.26. The summed E-state index contributed by atoms with van der Waals surface area (Å²) < 4.78 is 0. The highest BCUT2D eigenvalue weighted by Gasteiger charge is 2.20. The smallest absolute Gasteiger partial charge is 0.321 e. The average molecular weight is 368 g/mol. The van der Waals surface area contributed by atoms with Crippen LogP contribution in [-0.2, 0) is 0 Å². The molecule has 2 unspecified atom stereocenters. The minimum Gasteiger partial charge on any atom is -0.394 e. The third-order valence-electron chi connectivity index (χ3n) is 4.12. The molecule has 3 N–H and O–H groups in total. The highest BCUT2D eigenvalue weighted by molar-refractivity contribution is 7.14. The van der Waals surface area contributed by atoms with E-state index in [1.165, 1.54) is 11.3 Å². The molecule has 1 aromatic carbocycles. The van der Waals surface area contributed by atoms with Crippen LogP contribution in [0.5, 0.6) is 0 Å². The lowest BCUT2D eigenvalue weighted by Crippen LogP contribution is -2.43. The predicted molar refractivity (Wildman–Crippen MR) is 103 cm³/mol. The van der Waals surface area contributed by atoms with Gasteiger partial charge in [-0.3, -0.25) is 10.3 Å². The SMILES string of the molecule is CC(c1ccccc1)C(CO)NC(=O)Nc1nc(-c2cccnc2)cs1. The van der Waals surface area contributed by atoms with Crippen molar-refractivity contribution in [1.82, 2.24) is 15.3 Å². The zero-order chi connectivity index (χ0) is 18.4. The molecule has 0 aliphatic carbocycles. The monoisotopic (exact) mass is 368 g/mol. The number of pyridine rings is 1. The van der Waals surface area contributed by atoms with Crippen molar-refractivity contribution in [1.29, 1.82) is 0 Å². The Balaban J connectivity index is 1.62. The second-order valence-corrected chi connectivity index (χ2v) is 6.72. The Kier molecular flexibility index (Phi) is 5.93. The van der Waals surface area contributed by atoms with Gasteiger partial charge in [0.1, 0.15) is 0 Å². The number of rotatable bonds is 6. The third kappa shape index (κ3) is 4.44. The van der Waals surface area contributed by atoms with Crippen molar-refractivity contribution in [2.75, 3.05) is 11.9 Å². The first kappa shape index (κ1) is 18.0. The van der Waals surface area contributed by atoms with Crippen molar-refractivity contribution in [3.05, 3.63) is 65.8 Å². The molecule has 0 spiro atoms. The fraction of sp³-hybridized carbons (Fsp3) is 0.211. The van der Waals surface area contributed by atoms with Crippen LogP contribution in [0.2, 0.25) is 0 Å². The van der Waals surface area contributed by atoms with E-state index in [1.807, 2.05) is 54.8 Å². The van der Waals surface area contributed by atoms with Crippen LogP contribution in [0.3, 0.4) is 0 Å². The molecular formula is C19H20N4O2S. The van der Waals surface area contributed by atoms with Gasteiger partial charge in [-0.1, -0.05) is 37.3 Å². The number of benzene rings is 1.